The molecule has 0 spiro atoms. The maximum absolute atomic E-state index is 12.0. The minimum atomic E-state index is -0.759. The summed E-state index contributed by atoms with van der Waals surface area (Å²) in [4.78, 5) is 24.9. The van der Waals surface area contributed by atoms with Gasteiger partial charge in [-0.05, 0) is 32.7 Å². The molecule has 1 rings (SSSR count). The van der Waals surface area contributed by atoms with E-state index in [1.54, 1.807) is 0 Å². The van der Waals surface area contributed by atoms with E-state index in [0.717, 1.165) is 12.8 Å². The van der Waals surface area contributed by atoms with Crippen LogP contribution in [0.5, 0.6) is 0 Å². The first-order valence-corrected chi connectivity index (χ1v) is 6.76. The molecule has 1 fully saturated rings. The van der Waals surface area contributed by atoms with Gasteiger partial charge in [-0.2, -0.15) is 0 Å². The van der Waals surface area contributed by atoms with Gasteiger partial charge in [-0.1, -0.05) is 13.8 Å². The third-order valence-electron chi connectivity index (χ3n) is 3.83. The Morgan fingerprint density at radius 1 is 1.37 bits per heavy atom. The van der Waals surface area contributed by atoms with Crippen LogP contribution >= 0.6 is 12.4 Å². The minimum absolute atomic E-state index is 0. The summed E-state index contributed by atoms with van der Waals surface area (Å²) in [5, 5.41) is 12.0. The average molecular weight is 293 g/mol. The number of nitrogens with one attached hydrogen (secondary N) is 1. The van der Waals surface area contributed by atoms with Gasteiger partial charge in [0.1, 0.15) is 0 Å². The highest BCUT2D eigenvalue weighted by molar-refractivity contribution is 5.85. The van der Waals surface area contributed by atoms with Crippen LogP contribution in [-0.4, -0.2) is 47.1 Å². The van der Waals surface area contributed by atoms with Gasteiger partial charge in [0.25, 0.3) is 0 Å². The lowest BCUT2D eigenvalue weighted by Gasteiger charge is -2.25. The van der Waals surface area contributed by atoms with Crippen molar-refractivity contribution in [1.29, 1.82) is 0 Å². The fourth-order valence-corrected chi connectivity index (χ4v) is 2.32. The Hall–Kier alpha value is -0.810. The SMILES string of the molecule is CCC(CC)NC(=O)C(C)N1CCC(C(=O)O)C1.Cl. The van der Waals surface area contributed by atoms with Crippen molar-refractivity contribution in [3.63, 3.8) is 0 Å². The summed E-state index contributed by atoms with van der Waals surface area (Å²) in [6, 6.07) is -0.0206. The predicted molar refractivity (Wildman–Crippen MR) is 76.5 cm³/mol. The van der Waals surface area contributed by atoms with E-state index in [1.165, 1.54) is 0 Å². The monoisotopic (exact) mass is 292 g/mol. The molecule has 2 unspecified atom stereocenters. The highest BCUT2D eigenvalue weighted by Crippen LogP contribution is 2.18. The number of hydrogen-bond acceptors (Lipinski definition) is 3. The Morgan fingerprint density at radius 3 is 2.37 bits per heavy atom. The molecule has 1 amide bonds. The molecule has 1 aliphatic rings. The van der Waals surface area contributed by atoms with Crippen molar-refractivity contribution in [1.82, 2.24) is 10.2 Å². The van der Waals surface area contributed by atoms with E-state index in [0.29, 0.717) is 19.5 Å². The molecule has 1 heterocycles. The van der Waals surface area contributed by atoms with E-state index >= 15 is 0 Å². The number of carbonyl (C=O) groups is 2. The first-order chi connectivity index (χ1) is 8.49. The summed E-state index contributed by atoms with van der Waals surface area (Å²) < 4.78 is 0. The molecule has 0 aliphatic carbocycles. The van der Waals surface area contributed by atoms with Crippen LogP contribution in [0.1, 0.15) is 40.0 Å². The zero-order chi connectivity index (χ0) is 13.7. The summed E-state index contributed by atoms with van der Waals surface area (Å²) in [7, 11) is 0. The quantitative estimate of drug-likeness (QED) is 0.778. The predicted octanol–water partition coefficient (Wildman–Crippen LogP) is 1.51. The number of nitrogens with zero attached hydrogens (tertiary/aromatic N) is 1. The van der Waals surface area contributed by atoms with Gasteiger partial charge >= 0.3 is 5.97 Å². The molecule has 5 nitrogen and oxygen atoms in total. The lowest BCUT2D eigenvalue weighted by Crippen LogP contribution is -2.47. The maximum atomic E-state index is 12.0. The Kier molecular flexibility index (Phi) is 8.02. The van der Waals surface area contributed by atoms with Gasteiger partial charge in [-0.15, -0.1) is 12.4 Å². The Labute approximate surface area is 121 Å². The molecule has 1 saturated heterocycles. The number of carbonyl (C=O) groups excluding carboxylic acids is 1. The Morgan fingerprint density at radius 2 is 1.95 bits per heavy atom. The molecule has 0 saturated carbocycles. The van der Waals surface area contributed by atoms with Gasteiger partial charge < -0.3 is 10.4 Å². The third kappa shape index (κ3) is 4.99. The van der Waals surface area contributed by atoms with E-state index in [2.05, 4.69) is 19.2 Å². The molecule has 0 aromatic rings. The third-order valence-corrected chi connectivity index (χ3v) is 3.83. The second-order valence-electron chi connectivity index (χ2n) is 5.02. The van der Waals surface area contributed by atoms with Gasteiger partial charge in [0.05, 0.1) is 12.0 Å². The minimum Gasteiger partial charge on any atom is -0.481 e. The molecule has 0 bridgehead atoms. The molecule has 2 atom stereocenters. The van der Waals surface area contributed by atoms with Gasteiger partial charge in [0.15, 0.2) is 0 Å². The van der Waals surface area contributed by atoms with Crippen LogP contribution in [0.4, 0.5) is 0 Å². The number of carboxylic acid groups (broad SMARTS) is 1. The van der Waals surface area contributed by atoms with Crippen LogP contribution in [-0.2, 0) is 9.59 Å². The zero-order valence-electron chi connectivity index (χ0n) is 11.9. The van der Waals surface area contributed by atoms with Crippen LogP contribution in [0.25, 0.3) is 0 Å². The second-order valence-corrected chi connectivity index (χ2v) is 5.02. The van der Waals surface area contributed by atoms with Crippen molar-refractivity contribution in [2.75, 3.05) is 13.1 Å². The summed E-state index contributed by atoms with van der Waals surface area (Å²) in [5.74, 6) is -1.08. The number of aliphatic carboxylic acids is 1. The molecule has 0 aromatic carbocycles. The number of halogens is 1. The summed E-state index contributed by atoms with van der Waals surface area (Å²) in [6.07, 6.45) is 2.48. The number of amides is 1. The average Bonchev–Trinajstić information content (AvgIpc) is 2.84. The van der Waals surface area contributed by atoms with Crippen LogP contribution in [0.2, 0.25) is 0 Å². The maximum Gasteiger partial charge on any atom is 0.307 e. The van der Waals surface area contributed by atoms with Gasteiger partial charge in [0, 0.05) is 12.6 Å². The fraction of sp³-hybridized carbons (Fsp3) is 0.846. The Bertz CT molecular complexity index is 308. The molecular formula is C13H25ClN2O3. The molecule has 19 heavy (non-hydrogen) atoms. The molecule has 0 radical (unpaired) electrons. The van der Waals surface area contributed by atoms with Crippen molar-refractivity contribution >= 4 is 24.3 Å². The van der Waals surface area contributed by atoms with Crippen molar-refractivity contribution in [3.8, 4) is 0 Å². The van der Waals surface area contributed by atoms with Gasteiger partial charge in [0.2, 0.25) is 5.91 Å². The molecule has 1 aliphatic heterocycles. The van der Waals surface area contributed by atoms with E-state index in [-0.39, 0.29) is 36.3 Å². The van der Waals surface area contributed by atoms with Gasteiger partial charge in [-0.25, -0.2) is 0 Å². The highest BCUT2D eigenvalue weighted by atomic mass is 35.5. The zero-order valence-corrected chi connectivity index (χ0v) is 12.7. The largest absolute Gasteiger partial charge is 0.481 e. The van der Waals surface area contributed by atoms with Crippen molar-refractivity contribution in [2.24, 2.45) is 5.92 Å². The molecule has 2 N–H and O–H groups in total. The van der Waals surface area contributed by atoms with Crippen LogP contribution in [0.3, 0.4) is 0 Å². The van der Waals surface area contributed by atoms with E-state index in [4.69, 9.17) is 5.11 Å². The standard InChI is InChI=1S/C13H24N2O3.ClH/c1-4-11(5-2)14-12(16)9(3)15-7-6-10(8-15)13(17)18;/h9-11H,4-8H2,1-3H3,(H,14,16)(H,17,18);1H. The first-order valence-electron chi connectivity index (χ1n) is 6.76. The first kappa shape index (κ1) is 18.2. The Balaban J connectivity index is 0.00000324. The molecule has 6 heteroatoms. The summed E-state index contributed by atoms with van der Waals surface area (Å²) in [6.45, 7) is 7.12. The van der Waals surface area contributed by atoms with Crippen LogP contribution in [0.15, 0.2) is 0 Å². The lowest BCUT2D eigenvalue weighted by molar-refractivity contribution is -0.141. The van der Waals surface area contributed by atoms with Gasteiger partial charge in [-0.3, -0.25) is 14.5 Å². The smallest absolute Gasteiger partial charge is 0.307 e. The van der Waals surface area contributed by atoms with Crippen molar-refractivity contribution in [2.45, 2.75) is 52.1 Å². The van der Waals surface area contributed by atoms with Crippen molar-refractivity contribution < 1.29 is 14.7 Å². The summed E-state index contributed by atoms with van der Waals surface area (Å²) >= 11 is 0. The number of carboxylic acids is 1. The van der Waals surface area contributed by atoms with Crippen molar-refractivity contribution in [3.05, 3.63) is 0 Å². The molecular weight excluding hydrogens is 268 g/mol. The number of likely N-dealkylation sites (tertiary alicyclic amines) is 1. The van der Waals surface area contributed by atoms with Crippen LogP contribution in [0, 0.1) is 5.92 Å². The lowest BCUT2D eigenvalue weighted by atomic mass is 10.1. The number of rotatable bonds is 6. The molecule has 112 valence electrons. The van der Waals surface area contributed by atoms with E-state index < -0.39 is 5.97 Å². The summed E-state index contributed by atoms with van der Waals surface area (Å²) in [5.41, 5.74) is 0. The normalized spacial score (nSPS) is 20.9. The second kappa shape index (κ2) is 8.38. The van der Waals surface area contributed by atoms with Crippen LogP contribution < -0.4 is 5.32 Å². The molecule has 0 aromatic heterocycles. The van der Waals surface area contributed by atoms with E-state index in [9.17, 15) is 9.59 Å². The topological polar surface area (TPSA) is 69.6 Å². The number of hydrogen-bond donors (Lipinski definition) is 2. The fourth-order valence-electron chi connectivity index (χ4n) is 2.32. The highest BCUT2D eigenvalue weighted by Gasteiger charge is 2.33. The van der Waals surface area contributed by atoms with E-state index in [1.807, 2.05) is 11.8 Å².